The number of carbonyl (C=O) groups is 2. The van der Waals surface area contributed by atoms with E-state index < -0.39 is 11.9 Å². The van der Waals surface area contributed by atoms with Crippen LogP contribution in [0.25, 0.3) is 10.9 Å². The molecule has 0 bridgehead atoms. The molecule has 0 unspecified atom stereocenters. The van der Waals surface area contributed by atoms with Gasteiger partial charge in [-0.3, -0.25) is 0 Å². The summed E-state index contributed by atoms with van der Waals surface area (Å²) in [5.74, 6) is -2.82. The molecule has 0 aliphatic heterocycles. The van der Waals surface area contributed by atoms with E-state index in [1.165, 1.54) is 0 Å². The minimum atomic E-state index is -1.82. The van der Waals surface area contributed by atoms with Gasteiger partial charge in [0.15, 0.2) is 0 Å². The summed E-state index contributed by atoms with van der Waals surface area (Å²) in [5.41, 5.74) is 1.95. The second-order valence-electron chi connectivity index (χ2n) is 3.98. The van der Waals surface area contributed by atoms with Crippen molar-refractivity contribution in [3.05, 3.63) is 36.0 Å². The molecular weight excluding hydrogens is 276 g/mol. The van der Waals surface area contributed by atoms with Crippen LogP contribution in [0.4, 0.5) is 0 Å². The van der Waals surface area contributed by atoms with Crippen LogP contribution in [0.2, 0.25) is 0 Å². The predicted octanol–water partition coefficient (Wildman–Crippen LogP) is 1.12. The zero-order chi connectivity index (χ0) is 15.8. The van der Waals surface area contributed by atoms with Gasteiger partial charge < -0.3 is 20.3 Å². The fourth-order valence-electron chi connectivity index (χ4n) is 1.60. The molecule has 1 heterocycles. The lowest BCUT2D eigenvalue weighted by atomic mass is 10.2. The number of benzene rings is 1. The molecule has 0 saturated carbocycles. The molecule has 0 aliphatic carbocycles. The van der Waals surface area contributed by atoms with Gasteiger partial charge in [-0.2, -0.15) is 0 Å². The molecule has 2 aromatic rings. The monoisotopic (exact) mass is 292 g/mol. The quantitative estimate of drug-likeness (QED) is 0.727. The highest BCUT2D eigenvalue weighted by molar-refractivity contribution is 6.27. The average molecular weight is 292 g/mol. The summed E-state index contributed by atoms with van der Waals surface area (Å²) in [6.45, 7) is 0.772. The minimum absolute atomic E-state index is 0.772. The molecule has 1 aromatic carbocycles. The number of hydrogen-bond donors (Lipinski definition) is 3. The van der Waals surface area contributed by atoms with Gasteiger partial charge in [-0.1, -0.05) is 18.2 Å². The molecule has 0 aliphatic rings. The van der Waals surface area contributed by atoms with E-state index in [1.54, 1.807) is 7.11 Å². The number of fused-ring (bicyclic) bond motifs is 1. The van der Waals surface area contributed by atoms with Crippen LogP contribution in [0, 0.1) is 0 Å². The van der Waals surface area contributed by atoms with Crippen LogP contribution < -0.4 is 10.1 Å². The van der Waals surface area contributed by atoms with E-state index in [4.69, 9.17) is 24.5 Å². The molecule has 3 N–H and O–H groups in total. The second-order valence-corrected chi connectivity index (χ2v) is 3.98. The standard InChI is InChI=1S/C12H14N2O.C2H2O4/c1-13-8-10-7-6-9-4-3-5-11(15-2)12(9)14-10;3-1(4)2(5)6/h3-7,13H,8H2,1-2H3;(H,3,4)(H,5,6). The van der Waals surface area contributed by atoms with E-state index in [1.807, 2.05) is 31.3 Å². The van der Waals surface area contributed by atoms with Crippen molar-refractivity contribution >= 4 is 22.8 Å². The lowest BCUT2D eigenvalue weighted by Gasteiger charge is -2.06. The minimum Gasteiger partial charge on any atom is -0.494 e. The SMILES string of the molecule is CNCc1ccc2cccc(OC)c2n1.O=C(O)C(=O)O. The van der Waals surface area contributed by atoms with Gasteiger partial charge in [0.05, 0.1) is 12.8 Å². The number of carboxylic acid groups (broad SMARTS) is 2. The Morgan fingerprint density at radius 3 is 2.38 bits per heavy atom. The zero-order valence-electron chi connectivity index (χ0n) is 11.7. The summed E-state index contributed by atoms with van der Waals surface area (Å²) in [4.78, 5) is 22.7. The maximum Gasteiger partial charge on any atom is 0.414 e. The van der Waals surface area contributed by atoms with E-state index >= 15 is 0 Å². The summed E-state index contributed by atoms with van der Waals surface area (Å²) in [6, 6.07) is 10.0. The van der Waals surface area contributed by atoms with E-state index in [0.717, 1.165) is 28.9 Å². The number of nitrogens with zero attached hydrogens (tertiary/aromatic N) is 1. The lowest BCUT2D eigenvalue weighted by Crippen LogP contribution is -2.09. The molecule has 0 fully saturated rings. The number of ether oxygens (including phenoxy) is 1. The molecule has 7 nitrogen and oxygen atoms in total. The topological polar surface area (TPSA) is 109 Å². The fourth-order valence-corrected chi connectivity index (χ4v) is 1.60. The van der Waals surface area contributed by atoms with Crippen molar-refractivity contribution in [1.29, 1.82) is 0 Å². The normalized spacial score (nSPS) is 9.62. The molecule has 0 radical (unpaired) electrons. The summed E-state index contributed by atoms with van der Waals surface area (Å²) >= 11 is 0. The van der Waals surface area contributed by atoms with Crippen LogP contribution in [0.3, 0.4) is 0 Å². The summed E-state index contributed by atoms with van der Waals surface area (Å²) in [7, 11) is 3.58. The van der Waals surface area contributed by atoms with Crippen molar-refractivity contribution in [2.24, 2.45) is 0 Å². The van der Waals surface area contributed by atoms with Gasteiger partial charge in [-0.05, 0) is 19.2 Å². The van der Waals surface area contributed by atoms with E-state index in [0.29, 0.717) is 0 Å². The Kier molecular flexibility index (Phi) is 6.09. The maximum absolute atomic E-state index is 9.10. The first kappa shape index (κ1) is 16.4. The molecule has 1 aromatic heterocycles. The van der Waals surface area contributed by atoms with E-state index in [-0.39, 0.29) is 0 Å². The summed E-state index contributed by atoms with van der Waals surface area (Å²) in [5, 5.41) is 19.0. The molecule has 2 rings (SSSR count). The van der Waals surface area contributed by atoms with Gasteiger partial charge in [0.1, 0.15) is 11.3 Å². The third kappa shape index (κ3) is 4.73. The van der Waals surface area contributed by atoms with Crippen LogP contribution in [-0.2, 0) is 16.1 Å². The first-order valence-electron chi connectivity index (χ1n) is 6.03. The van der Waals surface area contributed by atoms with Crippen molar-refractivity contribution < 1.29 is 24.5 Å². The Balaban J connectivity index is 0.000000315. The highest BCUT2D eigenvalue weighted by Gasteiger charge is 2.04. The second kappa shape index (κ2) is 7.81. The fraction of sp³-hybridized carbons (Fsp3) is 0.214. The van der Waals surface area contributed by atoms with Crippen LogP contribution in [0.5, 0.6) is 5.75 Å². The number of hydrogen-bond acceptors (Lipinski definition) is 5. The first-order valence-corrected chi connectivity index (χ1v) is 6.03. The number of nitrogens with one attached hydrogen (secondary N) is 1. The Morgan fingerprint density at radius 1 is 1.19 bits per heavy atom. The van der Waals surface area contributed by atoms with Gasteiger partial charge in [-0.15, -0.1) is 0 Å². The summed E-state index contributed by atoms with van der Waals surface area (Å²) < 4.78 is 5.28. The number of para-hydroxylation sites is 1. The Morgan fingerprint density at radius 2 is 1.86 bits per heavy atom. The Hall–Kier alpha value is -2.67. The van der Waals surface area contributed by atoms with Crippen LogP contribution >= 0.6 is 0 Å². The number of pyridine rings is 1. The van der Waals surface area contributed by atoms with Crippen molar-refractivity contribution in [1.82, 2.24) is 10.3 Å². The first-order chi connectivity index (χ1) is 9.99. The van der Waals surface area contributed by atoms with Crippen LogP contribution in [-0.4, -0.2) is 41.3 Å². The highest BCUT2D eigenvalue weighted by Crippen LogP contribution is 2.23. The number of aromatic nitrogens is 1. The van der Waals surface area contributed by atoms with Gasteiger partial charge in [-0.25, -0.2) is 14.6 Å². The number of rotatable bonds is 3. The van der Waals surface area contributed by atoms with Gasteiger partial charge in [0, 0.05) is 11.9 Å². The molecule has 0 amide bonds. The summed E-state index contributed by atoms with van der Waals surface area (Å²) in [6.07, 6.45) is 0. The van der Waals surface area contributed by atoms with Crippen molar-refractivity contribution in [2.75, 3.05) is 14.2 Å². The molecular formula is C14H16N2O5. The third-order valence-corrected chi connectivity index (χ3v) is 2.50. The molecule has 0 saturated heterocycles. The predicted molar refractivity (Wildman–Crippen MR) is 76.3 cm³/mol. The van der Waals surface area contributed by atoms with E-state index in [9.17, 15) is 0 Å². The molecule has 21 heavy (non-hydrogen) atoms. The van der Waals surface area contributed by atoms with Crippen molar-refractivity contribution in [3.8, 4) is 5.75 Å². The molecule has 112 valence electrons. The highest BCUT2D eigenvalue weighted by atomic mass is 16.5. The average Bonchev–Trinajstić information content (AvgIpc) is 2.47. The number of aliphatic carboxylic acids is 2. The molecule has 7 heteroatoms. The van der Waals surface area contributed by atoms with Crippen molar-refractivity contribution in [2.45, 2.75) is 6.54 Å². The van der Waals surface area contributed by atoms with E-state index in [2.05, 4.69) is 16.4 Å². The lowest BCUT2D eigenvalue weighted by molar-refractivity contribution is -0.159. The van der Waals surface area contributed by atoms with Gasteiger partial charge >= 0.3 is 11.9 Å². The van der Waals surface area contributed by atoms with Gasteiger partial charge in [0.25, 0.3) is 0 Å². The maximum atomic E-state index is 9.10. The Labute approximate surface area is 121 Å². The van der Waals surface area contributed by atoms with Crippen LogP contribution in [0.1, 0.15) is 5.69 Å². The molecule has 0 atom stereocenters. The Bertz CT molecular complexity index is 630. The molecule has 0 spiro atoms. The van der Waals surface area contributed by atoms with Crippen LogP contribution in [0.15, 0.2) is 30.3 Å². The number of carboxylic acids is 2. The third-order valence-electron chi connectivity index (χ3n) is 2.50. The number of methoxy groups -OCH3 is 1. The zero-order valence-corrected chi connectivity index (χ0v) is 11.7. The van der Waals surface area contributed by atoms with Crippen molar-refractivity contribution in [3.63, 3.8) is 0 Å². The smallest absolute Gasteiger partial charge is 0.414 e. The van der Waals surface area contributed by atoms with Gasteiger partial charge in [0.2, 0.25) is 0 Å². The largest absolute Gasteiger partial charge is 0.494 e.